The lowest BCUT2D eigenvalue weighted by molar-refractivity contribution is 0.0172. The van der Waals surface area contributed by atoms with E-state index in [2.05, 4.69) is 0 Å². The van der Waals surface area contributed by atoms with Crippen molar-refractivity contribution < 1.29 is 9.90 Å². The minimum Gasteiger partial charge on any atom is -0.389 e. The van der Waals surface area contributed by atoms with Gasteiger partial charge in [0.25, 0.3) is 0 Å². The van der Waals surface area contributed by atoms with E-state index in [0.29, 0.717) is 13.1 Å². The van der Waals surface area contributed by atoms with Gasteiger partial charge in [-0.15, -0.1) is 0 Å². The van der Waals surface area contributed by atoms with Gasteiger partial charge in [-0.3, -0.25) is 9.69 Å². The van der Waals surface area contributed by atoms with Crippen LogP contribution in [-0.2, 0) is 7.05 Å². The Balaban J connectivity index is 1.89. The van der Waals surface area contributed by atoms with Crippen LogP contribution in [0.4, 0.5) is 0 Å². The first-order valence-electron chi connectivity index (χ1n) is 6.56. The highest BCUT2D eigenvalue weighted by molar-refractivity contribution is 5.96. The van der Waals surface area contributed by atoms with E-state index in [1.165, 1.54) is 0 Å². The first kappa shape index (κ1) is 13.3. The van der Waals surface area contributed by atoms with Gasteiger partial charge in [0.2, 0.25) is 0 Å². The number of nitrogens with zero attached hydrogens (tertiary/aromatic N) is 2. The molecule has 4 nitrogen and oxygen atoms in total. The number of aromatic nitrogens is 1. The molecule has 0 aliphatic heterocycles. The molecule has 4 heteroatoms. The van der Waals surface area contributed by atoms with Gasteiger partial charge in [-0.05, 0) is 32.0 Å². The molecule has 1 heterocycles. The van der Waals surface area contributed by atoms with Gasteiger partial charge in [0.15, 0.2) is 5.78 Å². The molecule has 0 radical (unpaired) electrons. The number of rotatable bonds is 5. The maximum atomic E-state index is 12.1. The lowest BCUT2D eigenvalue weighted by Gasteiger charge is -2.28. The van der Waals surface area contributed by atoms with Gasteiger partial charge in [-0.25, -0.2) is 0 Å². The Kier molecular flexibility index (Phi) is 3.88. The molecule has 0 amide bonds. The van der Waals surface area contributed by atoms with Gasteiger partial charge in [-0.1, -0.05) is 12.8 Å². The summed E-state index contributed by atoms with van der Waals surface area (Å²) in [4.78, 5) is 14.0. The van der Waals surface area contributed by atoms with Crippen LogP contribution in [0, 0.1) is 0 Å². The van der Waals surface area contributed by atoms with Gasteiger partial charge in [-0.2, -0.15) is 0 Å². The second-order valence-corrected chi connectivity index (χ2v) is 5.53. The summed E-state index contributed by atoms with van der Waals surface area (Å²) in [5, 5.41) is 10.3. The Labute approximate surface area is 108 Å². The normalized spacial score (nSPS) is 18.4. The third-order valence-corrected chi connectivity index (χ3v) is 3.74. The van der Waals surface area contributed by atoms with Gasteiger partial charge in [0.05, 0.1) is 17.8 Å². The number of aryl methyl sites for hydroxylation is 1. The molecule has 0 spiro atoms. The lowest BCUT2D eigenvalue weighted by Crippen LogP contribution is -2.41. The molecule has 0 aromatic carbocycles. The number of likely N-dealkylation sites (N-methyl/N-ethyl adjacent to an activating group) is 1. The summed E-state index contributed by atoms with van der Waals surface area (Å²) < 4.78 is 1.83. The second-order valence-electron chi connectivity index (χ2n) is 5.53. The Morgan fingerprint density at radius 3 is 2.72 bits per heavy atom. The third kappa shape index (κ3) is 3.00. The molecule has 0 unspecified atom stereocenters. The number of Topliss-reactive ketones (excluding diaryl/α,β-unsaturated/α-hetero) is 1. The minimum atomic E-state index is -0.580. The summed E-state index contributed by atoms with van der Waals surface area (Å²) in [6, 6.07) is 3.71. The van der Waals surface area contributed by atoms with Crippen LogP contribution in [0.15, 0.2) is 18.3 Å². The van der Waals surface area contributed by atoms with Crippen molar-refractivity contribution in [3.05, 3.63) is 24.0 Å². The van der Waals surface area contributed by atoms with Crippen LogP contribution in [0.2, 0.25) is 0 Å². The van der Waals surface area contributed by atoms with E-state index in [9.17, 15) is 9.90 Å². The molecule has 1 aliphatic carbocycles. The van der Waals surface area contributed by atoms with E-state index in [0.717, 1.165) is 31.4 Å². The van der Waals surface area contributed by atoms with Crippen molar-refractivity contribution in [2.24, 2.45) is 7.05 Å². The quantitative estimate of drug-likeness (QED) is 0.804. The zero-order valence-corrected chi connectivity index (χ0v) is 11.2. The monoisotopic (exact) mass is 250 g/mol. The molecule has 0 atom stereocenters. The van der Waals surface area contributed by atoms with Gasteiger partial charge in [0, 0.05) is 19.8 Å². The van der Waals surface area contributed by atoms with Crippen LogP contribution in [0.1, 0.15) is 36.2 Å². The fraction of sp³-hybridized carbons (Fsp3) is 0.643. The predicted molar refractivity (Wildman–Crippen MR) is 70.7 cm³/mol. The molecule has 0 saturated heterocycles. The fourth-order valence-corrected chi connectivity index (χ4v) is 2.83. The van der Waals surface area contributed by atoms with Gasteiger partial charge < -0.3 is 9.67 Å². The predicted octanol–water partition coefficient (Wildman–Crippen LogP) is 1.44. The molecular formula is C14H22N2O2. The number of aliphatic hydroxyl groups is 1. The maximum absolute atomic E-state index is 12.1. The third-order valence-electron chi connectivity index (χ3n) is 3.74. The molecule has 18 heavy (non-hydrogen) atoms. The fourth-order valence-electron chi connectivity index (χ4n) is 2.83. The highest BCUT2D eigenvalue weighted by atomic mass is 16.3. The van der Waals surface area contributed by atoms with E-state index in [4.69, 9.17) is 0 Å². The van der Waals surface area contributed by atoms with Crippen molar-refractivity contribution in [3.8, 4) is 0 Å². The van der Waals surface area contributed by atoms with Gasteiger partial charge >= 0.3 is 0 Å². The number of hydrogen-bond acceptors (Lipinski definition) is 3. The Morgan fingerprint density at radius 1 is 1.50 bits per heavy atom. The van der Waals surface area contributed by atoms with E-state index in [-0.39, 0.29) is 5.78 Å². The Morgan fingerprint density at radius 2 is 2.17 bits per heavy atom. The lowest BCUT2D eigenvalue weighted by atomic mass is 10.0. The molecule has 2 rings (SSSR count). The van der Waals surface area contributed by atoms with Crippen molar-refractivity contribution in [3.63, 3.8) is 0 Å². The maximum Gasteiger partial charge on any atom is 0.193 e. The van der Waals surface area contributed by atoms with Crippen LogP contribution in [0.3, 0.4) is 0 Å². The molecule has 1 aliphatic rings. The van der Waals surface area contributed by atoms with Crippen molar-refractivity contribution >= 4 is 5.78 Å². The SMILES string of the molecule is CN(CC(=O)c1cccn1C)CC1(O)CCCC1. The van der Waals surface area contributed by atoms with Crippen molar-refractivity contribution in [2.75, 3.05) is 20.1 Å². The van der Waals surface area contributed by atoms with E-state index >= 15 is 0 Å². The number of ketones is 1. The molecule has 1 aromatic rings. The van der Waals surface area contributed by atoms with E-state index < -0.39 is 5.60 Å². The van der Waals surface area contributed by atoms with Crippen LogP contribution >= 0.6 is 0 Å². The van der Waals surface area contributed by atoms with Crippen molar-refractivity contribution in [2.45, 2.75) is 31.3 Å². The van der Waals surface area contributed by atoms with Crippen molar-refractivity contribution in [1.29, 1.82) is 0 Å². The average Bonchev–Trinajstić information content (AvgIpc) is 2.87. The zero-order chi connectivity index (χ0) is 13.2. The van der Waals surface area contributed by atoms with Crippen LogP contribution in [0.25, 0.3) is 0 Å². The smallest absolute Gasteiger partial charge is 0.193 e. The largest absolute Gasteiger partial charge is 0.389 e. The molecule has 1 saturated carbocycles. The number of carbonyl (C=O) groups excluding carboxylic acids is 1. The highest BCUT2D eigenvalue weighted by Crippen LogP contribution is 2.29. The molecule has 1 N–H and O–H groups in total. The summed E-state index contributed by atoms with van der Waals surface area (Å²) in [5.41, 5.74) is 0.142. The summed E-state index contributed by atoms with van der Waals surface area (Å²) in [6.45, 7) is 0.948. The summed E-state index contributed by atoms with van der Waals surface area (Å²) >= 11 is 0. The second kappa shape index (κ2) is 5.24. The number of carbonyl (C=O) groups is 1. The summed E-state index contributed by atoms with van der Waals surface area (Å²) in [5.74, 6) is 0.103. The summed E-state index contributed by atoms with van der Waals surface area (Å²) in [6.07, 6.45) is 5.77. The first-order chi connectivity index (χ1) is 8.50. The standard InChI is InChI=1S/C14H22N2O2/c1-15(11-14(18)7-3-4-8-14)10-13(17)12-6-5-9-16(12)2/h5-6,9,18H,3-4,7-8,10-11H2,1-2H3. The minimum absolute atomic E-state index is 0.103. The number of hydrogen-bond donors (Lipinski definition) is 1. The molecule has 1 aromatic heterocycles. The zero-order valence-electron chi connectivity index (χ0n) is 11.2. The van der Waals surface area contributed by atoms with Gasteiger partial charge in [0.1, 0.15) is 0 Å². The molecule has 0 bridgehead atoms. The van der Waals surface area contributed by atoms with E-state index in [1.807, 2.05) is 41.9 Å². The van der Waals surface area contributed by atoms with Crippen LogP contribution in [0.5, 0.6) is 0 Å². The average molecular weight is 250 g/mol. The van der Waals surface area contributed by atoms with Crippen LogP contribution in [-0.4, -0.2) is 46.1 Å². The molecular weight excluding hydrogens is 228 g/mol. The van der Waals surface area contributed by atoms with E-state index in [1.54, 1.807) is 0 Å². The topological polar surface area (TPSA) is 45.5 Å². The highest BCUT2D eigenvalue weighted by Gasteiger charge is 2.32. The first-order valence-corrected chi connectivity index (χ1v) is 6.56. The molecule has 1 fully saturated rings. The summed E-state index contributed by atoms with van der Waals surface area (Å²) in [7, 11) is 3.77. The molecule has 100 valence electrons. The Hall–Kier alpha value is -1.13. The Bertz CT molecular complexity index is 419. The van der Waals surface area contributed by atoms with Crippen molar-refractivity contribution in [1.82, 2.24) is 9.47 Å². The van der Waals surface area contributed by atoms with Crippen LogP contribution < -0.4 is 0 Å².